The van der Waals surface area contributed by atoms with Crippen molar-refractivity contribution in [3.8, 4) is 5.75 Å². The molecule has 1 rings (SSSR count). The van der Waals surface area contributed by atoms with Crippen molar-refractivity contribution < 1.29 is 9.84 Å². The number of aliphatic hydroxyl groups excluding tert-OH is 1. The zero-order chi connectivity index (χ0) is 12.5. The number of rotatable bonds is 8. The standard InChI is InChI=1S/C14H23NO2/c1-3-15-12(2)4-5-13-6-8-14(9-7-13)17-11-10-16/h6-9,12,15-16H,3-5,10-11H2,1-2H3. The molecular weight excluding hydrogens is 214 g/mol. The molecule has 0 spiro atoms. The Morgan fingerprint density at radius 3 is 2.59 bits per heavy atom. The van der Waals surface area contributed by atoms with Gasteiger partial charge in [-0.25, -0.2) is 0 Å². The first kappa shape index (κ1) is 14.0. The summed E-state index contributed by atoms with van der Waals surface area (Å²) in [6, 6.07) is 8.66. The van der Waals surface area contributed by atoms with Crippen molar-refractivity contribution in [1.82, 2.24) is 5.32 Å². The fourth-order valence-electron chi connectivity index (χ4n) is 1.75. The molecule has 1 unspecified atom stereocenters. The first-order chi connectivity index (χ1) is 8.26. The van der Waals surface area contributed by atoms with Gasteiger partial charge in [0.1, 0.15) is 12.4 Å². The van der Waals surface area contributed by atoms with E-state index in [1.54, 1.807) is 0 Å². The van der Waals surface area contributed by atoms with E-state index in [0.29, 0.717) is 12.6 Å². The molecule has 1 atom stereocenters. The molecule has 0 saturated carbocycles. The van der Waals surface area contributed by atoms with Crippen LogP contribution in [0.2, 0.25) is 0 Å². The monoisotopic (exact) mass is 237 g/mol. The van der Waals surface area contributed by atoms with Gasteiger partial charge in [0.2, 0.25) is 0 Å². The molecule has 0 saturated heterocycles. The molecule has 3 nitrogen and oxygen atoms in total. The van der Waals surface area contributed by atoms with Crippen LogP contribution in [0.5, 0.6) is 5.75 Å². The predicted octanol–water partition coefficient (Wildman–Crippen LogP) is 1.99. The molecule has 1 aromatic rings. The van der Waals surface area contributed by atoms with Crippen molar-refractivity contribution in [3.63, 3.8) is 0 Å². The predicted molar refractivity (Wildman–Crippen MR) is 70.5 cm³/mol. The highest BCUT2D eigenvalue weighted by Gasteiger charge is 2.01. The van der Waals surface area contributed by atoms with E-state index >= 15 is 0 Å². The lowest BCUT2D eigenvalue weighted by Crippen LogP contribution is -2.25. The molecule has 96 valence electrons. The minimum absolute atomic E-state index is 0.0575. The van der Waals surface area contributed by atoms with Gasteiger partial charge in [0.05, 0.1) is 6.61 Å². The van der Waals surface area contributed by atoms with Gasteiger partial charge in [0.15, 0.2) is 0 Å². The fraction of sp³-hybridized carbons (Fsp3) is 0.571. The van der Waals surface area contributed by atoms with Crippen molar-refractivity contribution in [2.75, 3.05) is 19.8 Å². The second kappa shape index (κ2) is 8.09. The lowest BCUT2D eigenvalue weighted by atomic mass is 10.1. The van der Waals surface area contributed by atoms with Crippen molar-refractivity contribution >= 4 is 0 Å². The summed E-state index contributed by atoms with van der Waals surface area (Å²) in [6.07, 6.45) is 2.22. The van der Waals surface area contributed by atoms with Crippen molar-refractivity contribution in [1.29, 1.82) is 0 Å². The smallest absolute Gasteiger partial charge is 0.119 e. The summed E-state index contributed by atoms with van der Waals surface area (Å²) in [6.45, 7) is 5.78. The number of nitrogens with one attached hydrogen (secondary N) is 1. The molecule has 0 aliphatic rings. The van der Waals surface area contributed by atoms with Crippen LogP contribution in [0.4, 0.5) is 0 Å². The summed E-state index contributed by atoms with van der Waals surface area (Å²) in [5.41, 5.74) is 1.33. The normalized spacial score (nSPS) is 12.4. The molecule has 2 N–H and O–H groups in total. The SMILES string of the molecule is CCNC(C)CCc1ccc(OCCO)cc1. The van der Waals surface area contributed by atoms with E-state index in [-0.39, 0.29) is 6.61 Å². The third-order valence-electron chi connectivity index (χ3n) is 2.70. The van der Waals surface area contributed by atoms with Gasteiger partial charge in [-0.05, 0) is 44.0 Å². The summed E-state index contributed by atoms with van der Waals surface area (Å²) in [7, 11) is 0. The Hall–Kier alpha value is -1.06. The van der Waals surface area contributed by atoms with Crippen LogP contribution in [0.1, 0.15) is 25.8 Å². The van der Waals surface area contributed by atoms with Gasteiger partial charge in [-0.15, -0.1) is 0 Å². The summed E-state index contributed by atoms with van der Waals surface area (Å²) in [5.74, 6) is 0.822. The van der Waals surface area contributed by atoms with Crippen LogP contribution in [0.25, 0.3) is 0 Å². The van der Waals surface area contributed by atoms with Crippen molar-refractivity contribution in [2.45, 2.75) is 32.7 Å². The summed E-state index contributed by atoms with van der Waals surface area (Å²) >= 11 is 0. The second-order valence-corrected chi connectivity index (χ2v) is 4.21. The number of ether oxygens (including phenoxy) is 1. The average Bonchev–Trinajstić information content (AvgIpc) is 2.35. The van der Waals surface area contributed by atoms with Gasteiger partial charge in [0.25, 0.3) is 0 Å². The number of hydrogen-bond donors (Lipinski definition) is 2. The lowest BCUT2D eigenvalue weighted by molar-refractivity contribution is 0.201. The second-order valence-electron chi connectivity index (χ2n) is 4.21. The molecule has 0 aliphatic heterocycles. The van der Waals surface area contributed by atoms with Crippen LogP contribution in [0.15, 0.2) is 24.3 Å². The molecule has 0 amide bonds. The molecule has 0 aliphatic carbocycles. The van der Waals surface area contributed by atoms with Gasteiger partial charge >= 0.3 is 0 Å². The van der Waals surface area contributed by atoms with Gasteiger partial charge in [-0.1, -0.05) is 19.1 Å². The molecule has 0 aromatic heterocycles. The van der Waals surface area contributed by atoms with Gasteiger partial charge < -0.3 is 15.2 Å². The number of benzene rings is 1. The van der Waals surface area contributed by atoms with Gasteiger partial charge in [-0.2, -0.15) is 0 Å². The first-order valence-corrected chi connectivity index (χ1v) is 6.32. The van der Waals surface area contributed by atoms with Crippen LogP contribution in [-0.2, 0) is 6.42 Å². The average molecular weight is 237 g/mol. The number of aryl methyl sites for hydroxylation is 1. The van der Waals surface area contributed by atoms with Crippen LogP contribution in [0.3, 0.4) is 0 Å². The van der Waals surface area contributed by atoms with E-state index in [1.165, 1.54) is 5.56 Å². The molecule has 17 heavy (non-hydrogen) atoms. The van der Waals surface area contributed by atoms with Crippen LogP contribution < -0.4 is 10.1 Å². The molecule has 0 radical (unpaired) electrons. The molecule has 1 aromatic carbocycles. The topological polar surface area (TPSA) is 41.5 Å². The Kier molecular flexibility index (Phi) is 6.67. The third-order valence-corrected chi connectivity index (χ3v) is 2.70. The van der Waals surface area contributed by atoms with E-state index in [0.717, 1.165) is 25.1 Å². The first-order valence-electron chi connectivity index (χ1n) is 6.32. The van der Waals surface area contributed by atoms with Crippen LogP contribution >= 0.6 is 0 Å². The largest absolute Gasteiger partial charge is 0.491 e. The molecular formula is C14H23NO2. The van der Waals surface area contributed by atoms with E-state index in [2.05, 4.69) is 31.3 Å². The Bertz CT molecular complexity index is 298. The maximum atomic E-state index is 8.65. The number of aliphatic hydroxyl groups is 1. The van der Waals surface area contributed by atoms with E-state index < -0.39 is 0 Å². The zero-order valence-corrected chi connectivity index (χ0v) is 10.8. The third kappa shape index (κ3) is 5.71. The zero-order valence-electron chi connectivity index (χ0n) is 10.8. The fourth-order valence-corrected chi connectivity index (χ4v) is 1.75. The van der Waals surface area contributed by atoms with E-state index in [9.17, 15) is 0 Å². The molecule has 0 bridgehead atoms. The highest BCUT2D eigenvalue weighted by molar-refractivity contribution is 5.27. The minimum Gasteiger partial charge on any atom is -0.491 e. The number of hydrogen-bond acceptors (Lipinski definition) is 3. The Labute approximate surface area is 104 Å². The maximum Gasteiger partial charge on any atom is 0.119 e. The Morgan fingerprint density at radius 2 is 2.00 bits per heavy atom. The lowest BCUT2D eigenvalue weighted by Gasteiger charge is -2.12. The van der Waals surface area contributed by atoms with Crippen molar-refractivity contribution in [2.24, 2.45) is 0 Å². The molecule has 0 heterocycles. The van der Waals surface area contributed by atoms with E-state index in [1.807, 2.05) is 12.1 Å². The Morgan fingerprint density at radius 1 is 1.29 bits per heavy atom. The molecule has 3 heteroatoms. The maximum absolute atomic E-state index is 8.65. The summed E-state index contributed by atoms with van der Waals surface area (Å²) < 4.78 is 5.31. The quantitative estimate of drug-likeness (QED) is 0.726. The van der Waals surface area contributed by atoms with Gasteiger partial charge in [-0.3, -0.25) is 0 Å². The van der Waals surface area contributed by atoms with Crippen LogP contribution in [0, 0.1) is 0 Å². The van der Waals surface area contributed by atoms with Gasteiger partial charge in [0, 0.05) is 6.04 Å². The highest BCUT2D eigenvalue weighted by Crippen LogP contribution is 2.13. The highest BCUT2D eigenvalue weighted by atomic mass is 16.5. The summed E-state index contributed by atoms with van der Waals surface area (Å²) in [4.78, 5) is 0. The minimum atomic E-state index is 0.0575. The van der Waals surface area contributed by atoms with Crippen molar-refractivity contribution in [3.05, 3.63) is 29.8 Å². The summed E-state index contributed by atoms with van der Waals surface area (Å²) in [5, 5.41) is 12.0. The molecule has 0 fully saturated rings. The van der Waals surface area contributed by atoms with E-state index in [4.69, 9.17) is 9.84 Å². The Balaban J connectivity index is 2.34. The van der Waals surface area contributed by atoms with Crippen LogP contribution in [-0.4, -0.2) is 30.9 Å².